The van der Waals surface area contributed by atoms with Crippen molar-refractivity contribution < 1.29 is 19.1 Å². The lowest BCUT2D eigenvalue weighted by Gasteiger charge is -2.40. The van der Waals surface area contributed by atoms with E-state index in [0.29, 0.717) is 19.6 Å². The molecule has 5 nitrogen and oxygen atoms in total. The van der Waals surface area contributed by atoms with Crippen LogP contribution in [0.2, 0.25) is 0 Å². The molecular weight excluding hydrogens is 386 g/mol. The number of carbonyl (C=O) groups excluding carboxylic acids is 2. The normalized spacial score (nSPS) is 23.3. The Bertz CT molecular complexity index is 879. The van der Waals surface area contributed by atoms with Gasteiger partial charge in [0.1, 0.15) is 5.25 Å². The Balaban J connectivity index is 1.74. The van der Waals surface area contributed by atoms with Gasteiger partial charge in [0.05, 0.1) is 13.7 Å². The van der Waals surface area contributed by atoms with Gasteiger partial charge in [-0.1, -0.05) is 54.6 Å². The van der Waals surface area contributed by atoms with Crippen LogP contribution in [0.4, 0.5) is 0 Å². The van der Waals surface area contributed by atoms with Gasteiger partial charge in [0.2, 0.25) is 5.91 Å². The fourth-order valence-electron chi connectivity index (χ4n) is 4.17. The van der Waals surface area contributed by atoms with Crippen LogP contribution in [0.3, 0.4) is 0 Å². The second kappa shape index (κ2) is 8.59. The van der Waals surface area contributed by atoms with Gasteiger partial charge in [-0.15, -0.1) is 11.8 Å². The topological polar surface area (TPSA) is 55.8 Å². The minimum absolute atomic E-state index is 0.0538. The highest BCUT2D eigenvalue weighted by molar-refractivity contribution is 8.00. The number of aryl methyl sites for hydroxylation is 1. The average Bonchev–Trinajstić information content (AvgIpc) is 3.27. The molecule has 0 N–H and O–H groups in total. The Kier molecular flexibility index (Phi) is 5.92. The van der Waals surface area contributed by atoms with Crippen LogP contribution in [-0.4, -0.2) is 48.4 Å². The molecule has 0 unspecified atom stereocenters. The van der Waals surface area contributed by atoms with Crippen LogP contribution in [0.5, 0.6) is 0 Å². The monoisotopic (exact) mass is 411 g/mol. The van der Waals surface area contributed by atoms with E-state index in [0.717, 1.165) is 23.3 Å². The molecule has 0 aliphatic carbocycles. The van der Waals surface area contributed by atoms with Crippen LogP contribution in [0.25, 0.3) is 0 Å². The van der Waals surface area contributed by atoms with Gasteiger partial charge in [-0.05, 0) is 28.9 Å². The van der Waals surface area contributed by atoms with E-state index in [-0.39, 0.29) is 17.8 Å². The zero-order valence-electron chi connectivity index (χ0n) is 16.5. The van der Waals surface area contributed by atoms with Gasteiger partial charge in [0.15, 0.2) is 5.54 Å². The van der Waals surface area contributed by atoms with Crippen molar-refractivity contribution in [2.75, 3.05) is 26.1 Å². The number of benzene rings is 2. The molecule has 0 radical (unpaired) electrons. The average molecular weight is 412 g/mol. The summed E-state index contributed by atoms with van der Waals surface area (Å²) < 4.78 is 10.8. The molecule has 152 valence electrons. The number of rotatable bonds is 5. The van der Waals surface area contributed by atoms with E-state index >= 15 is 0 Å². The summed E-state index contributed by atoms with van der Waals surface area (Å²) in [6.07, 6.45) is 1.39. The minimum atomic E-state index is -1.09. The number of esters is 1. The number of nitrogens with zero attached hydrogens (tertiary/aromatic N) is 1. The SMILES string of the molecule is COC(=O)[C@]1(N(Cc2ccccc2)C(=O)[C@H]2SCCc3ccccc32)CCOC1. The van der Waals surface area contributed by atoms with Gasteiger partial charge in [-0.3, -0.25) is 4.79 Å². The lowest BCUT2D eigenvalue weighted by molar-refractivity contribution is -0.163. The molecule has 1 fully saturated rings. The number of methoxy groups -OCH3 is 1. The second-order valence-electron chi connectivity index (χ2n) is 7.44. The molecule has 29 heavy (non-hydrogen) atoms. The van der Waals surface area contributed by atoms with Crippen molar-refractivity contribution >= 4 is 23.6 Å². The summed E-state index contributed by atoms with van der Waals surface area (Å²) in [6.45, 7) is 0.941. The van der Waals surface area contributed by atoms with Crippen LogP contribution >= 0.6 is 11.8 Å². The standard InChI is InChI=1S/C23H25NO4S/c1-27-22(26)23(12-13-28-16-23)24(15-17-7-3-2-4-8-17)21(25)20-19-10-6-5-9-18(19)11-14-29-20/h2-10,20H,11-16H2,1H3/t20-,23-/m0/s1. The number of thioether (sulfide) groups is 1. The van der Waals surface area contributed by atoms with Gasteiger partial charge in [0, 0.05) is 19.6 Å². The van der Waals surface area contributed by atoms with Crippen LogP contribution in [0.1, 0.15) is 28.4 Å². The third-order valence-corrected chi connectivity index (χ3v) is 6.98. The first kappa shape index (κ1) is 20.0. The summed E-state index contributed by atoms with van der Waals surface area (Å²) in [5.41, 5.74) is 2.14. The maximum Gasteiger partial charge on any atom is 0.334 e. The highest BCUT2D eigenvalue weighted by Gasteiger charge is 2.52. The van der Waals surface area contributed by atoms with E-state index < -0.39 is 11.5 Å². The molecule has 0 saturated carbocycles. The Morgan fingerprint density at radius 1 is 1.17 bits per heavy atom. The van der Waals surface area contributed by atoms with Gasteiger partial charge in [0.25, 0.3) is 0 Å². The van der Waals surface area contributed by atoms with Crippen LogP contribution < -0.4 is 0 Å². The third-order valence-electron chi connectivity index (χ3n) is 5.75. The fourth-order valence-corrected chi connectivity index (χ4v) is 5.43. The molecule has 2 atom stereocenters. The Labute approximate surface area is 175 Å². The highest BCUT2D eigenvalue weighted by atomic mass is 32.2. The lowest BCUT2D eigenvalue weighted by Crippen LogP contribution is -2.58. The number of amides is 1. The van der Waals surface area contributed by atoms with Crippen molar-refractivity contribution in [3.63, 3.8) is 0 Å². The van der Waals surface area contributed by atoms with Crippen LogP contribution in [0.15, 0.2) is 54.6 Å². The van der Waals surface area contributed by atoms with Crippen LogP contribution in [0, 0.1) is 0 Å². The maximum atomic E-state index is 13.9. The first-order valence-corrected chi connectivity index (χ1v) is 10.9. The number of hydrogen-bond acceptors (Lipinski definition) is 5. The summed E-state index contributed by atoms with van der Waals surface area (Å²) >= 11 is 1.65. The molecule has 2 heterocycles. The predicted octanol–water partition coefficient (Wildman–Crippen LogP) is 3.38. The lowest BCUT2D eigenvalue weighted by atomic mass is 9.93. The summed E-state index contributed by atoms with van der Waals surface area (Å²) in [5.74, 6) is 0.421. The fraction of sp³-hybridized carbons (Fsp3) is 0.391. The Hall–Kier alpha value is -2.31. The predicted molar refractivity (Wildman–Crippen MR) is 113 cm³/mol. The number of hydrogen-bond donors (Lipinski definition) is 0. The summed E-state index contributed by atoms with van der Waals surface area (Å²) in [4.78, 5) is 28.5. The quantitative estimate of drug-likeness (QED) is 0.706. The van der Waals surface area contributed by atoms with E-state index in [9.17, 15) is 9.59 Å². The van der Waals surface area contributed by atoms with Crippen molar-refractivity contribution in [3.05, 3.63) is 71.3 Å². The summed E-state index contributed by atoms with van der Waals surface area (Å²) in [5, 5.41) is -0.328. The second-order valence-corrected chi connectivity index (χ2v) is 8.65. The van der Waals surface area contributed by atoms with Crippen molar-refractivity contribution in [2.24, 2.45) is 0 Å². The van der Waals surface area contributed by atoms with E-state index in [4.69, 9.17) is 9.47 Å². The zero-order chi connectivity index (χ0) is 20.3. The molecule has 2 aromatic rings. The van der Waals surface area contributed by atoms with Gasteiger partial charge < -0.3 is 14.4 Å². The van der Waals surface area contributed by atoms with Gasteiger partial charge in [-0.25, -0.2) is 4.79 Å². The molecule has 2 aliphatic heterocycles. The van der Waals surface area contributed by atoms with Crippen molar-refractivity contribution in [1.82, 2.24) is 4.90 Å². The first-order chi connectivity index (χ1) is 14.2. The number of ether oxygens (including phenoxy) is 2. The number of carbonyl (C=O) groups is 2. The van der Waals surface area contributed by atoms with E-state index in [1.807, 2.05) is 48.5 Å². The molecular formula is C23H25NO4S. The smallest absolute Gasteiger partial charge is 0.334 e. The van der Waals surface area contributed by atoms with Crippen molar-refractivity contribution in [1.29, 1.82) is 0 Å². The maximum absolute atomic E-state index is 13.9. The first-order valence-electron chi connectivity index (χ1n) is 9.87. The summed E-state index contributed by atoms with van der Waals surface area (Å²) in [7, 11) is 1.37. The van der Waals surface area contributed by atoms with Crippen molar-refractivity contribution in [3.8, 4) is 0 Å². The van der Waals surface area contributed by atoms with E-state index in [1.54, 1.807) is 16.7 Å². The molecule has 2 aliphatic rings. The molecule has 0 bridgehead atoms. The molecule has 4 rings (SSSR count). The van der Waals surface area contributed by atoms with Crippen LogP contribution in [-0.2, 0) is 32.0 Å². The van der Waals surface area contributed by atoms with Crippen molar-refractivity contribution in [2.45, 2.75) is 30.2 Å². The zero-order valence-corrected chi connectivity index (χ0v) is 17.3. The molecule has 2 aromatic carbocycles. The van der Waals surface area contributed by atoms with E-state index in [1.165, 1.54) is 12.7 Å². The van der Waals surface area contributed by atoms with E-state index in [2.05, 4.69) is 6.07 Å². The molecule has 0 spiro atoms. The molecule has 1 saturated heterocycles. The minimum Gasteiger partial charge on any atom is -0.467 e. The molecule has 0 aromatic heterocycles. The number of fused-ring (bicyclic) bond motifs is 1. The Morgan fingerprint density at radius 2 is 1.93 bits per heavy atom. The van der Waals surface area contributed by atoms with Gasteiger partial charge >= 0.3 is 5.97 Å². The highest BCUT2D eigenvalue weighted by Crippen LogP contribution is 2.41. The Morgan fingerprint density at radius 3 is 2.66 bits per heavy atom. The molecule has 1 amide bonds. The summed E-state index contributed by atoms with van der Waals surface area (Å²) in [6, 6.07) is 17.9. The third kappa shape index (κ3) is 3.79. The largest absolute Gasteiger partial charge is 0.467 e. The molecule has 6 heteroatoms. The van der Waals surface area contributed by atoms with Gasteiger partial charge in [-0.2, -0.15) is 0 Å².